The molecule has 1 rings (SSSR count). The zero-order chi connectivity index (χ0) is 54.6. The van der Waals surface area contributed by atoms with Gasteiger partial charge >= 0.3 is 43.2 Å². The van der Waals surface area contributed by atoms with Crippen LogP contribution < -0.4 is 0 Å². The molecule has 0 heterocycles. The molecule has 0 aliphatic heterocycles. The summed E-state index contributed by atoms with van der Waals surface area (Å²) in [6, 6.07) is 0. The third-order valence-electron chi connectivity index (χ3n) is 11.3. The predicted octanol–water partition coefficient (Wildman–Crippen LogP) is 9.52. The van der Waals surface area contributed by atoms with Crippen molar-refractivity contribution in [3.8, 4) is 0 Å². The maximum Gasteiger partial charge on any atom is 0.472 e. The first-order chi connectivity index (χ1) is 34.5. The molecule has 0 aromatic rings. The highest BCUT2D eigenvalue weighted by molar-refractivity contribution is 7.47. The van der Waals surface area contributed by atoms with E-state index in [0.29, 0.717) is 25.7 Å². The number of phosphoric ester groups is 4. The number of aliphatic hydroxyl groups is 2. The van der Waals surface area contributed by atoms with E-state index in [0.717, 1.165) is 64.2 Å². The largest absolute Gasteiger partial charge is 0.472 e. The third-order valence-corrected chi connectivity index (χ3v) is 13.9. The van der Waals surface area contributed by atoms with Crippen molar-refractivity contribution in [3.63, 3.8) is 0 Å². The molecule has 9 N–H and O–H groups in total. The lowest BCUT2D eigenvalue weighted by molar-refractivity contribution is -0.209. The van der Waals surface area contributed by atoms with Gasteiger partial charge in [-0.1, -0.05) is 146 Å². The molecule has 0 amide bonds. The Bertz CT molecular complexity index is 1770. The number of ether oxygens (including phenoxy) is 2. The Labute approximate surface area is 431 Å². The van der Waals surface area contributed by atoms with Crippen LogP contribution in [-0.4, -0.2) is 112 Å². The quantitative estimate of drug-likeness (QED) is 0.0119. The smallest absolute Gasteiger partial charge is 0.462 e. The SMILES string of the molecule is CCCCCCC=CCCCCCCCCCC(=O)OC[C@H](COP(=O)(O)OC1C(O)C(OP(=O)(O)O)C(OP(=O)(O)O)[C@@H](OP(=O)(O)O)C1O)OC(=O)CCCC=CCC=CCC=CCCCCCCCC. The average Bonchev–Trinajstić information content (AvgIpc) is 3.30. The summed E-state index contributed by atoms with van der Waals surface area (Å²) in [5.74, 6) is -1.47. The zero-order valence-electron chi connectivity index (χ0n) is 42.6. The Morgan fingerprint density at radius 3 is 1.27 bits per heavy atom. The van der Waals surface area contributed by atoms with Gasteiger partial charge in [0.2, 0.25) is 0 Å². The van der Waals surface area contributed by atoms with Crippen molar-refractivity contribution in [2.75, 3.05) is 13.2 Å². The highest BCUT2D eigenvalue weighted by Gasteiger charge is 2.59. The van der Waals surface area contributed by atoms with E-state index in [4.69, 9.17) is 18.5 Å². The van der Waals surface area contributed by atoms with Gasteiger partial charge in [0, 0.05) is 12.8 Å². The second-order valence-electron chi connectivity index (χ2n) is 18.0. The van der Waals surface area contributed by atoms with E-state index in [1.807, 2.05) is 18.2 Å². The Morgan fingerprint density at radius 1 is 0.438 bits per heavy atom. The first kappa shape index (κ1) is 69.3. The highest BCUT2D eigenvalue weighted by Crippen LogP contribution is 2.53. The van der Waals surface area contributed by atoms with E-state index in [1.54, 1.807) is 0 Å². The number of esters is 2. The van der Waals surface area contributed by atoms with Crippen LogP contribution in [0.3, 0.4) is 0 Å². The summed E-state index contributed by atoms with van der Waals surface area (Å²) in [5, 5.41) is 21.9. The van der Waals surface area contributed by atoms with Crippen molar-refractivity contribution in [3.05, 3.63) is 48.6 Å². The Hall–Kier alpha value is -1.74. The summed E-state index contributed by atoms with van der Waals surface area (Å²) < 4.78 is 82.2. The van der Waals surface area contributed by atoms with Crippen molar-refractivity contribution >= 4 is 43.2 Å². The maximum atomic E-state index is 13.3. The molecule has 1 fully saturated rings. The lowest BCUT2D eigenvalue weighted by Gasteiger charge is -2.45. The molecular formula is C47H86O22P4. The van der Waals surface area contributed by atoms with Gasteiger partial charge in [0.05, 0.1) is 6.61 Å². The third kappa shape index (κ3) is 37.6. The van der Waals surface area contributed by atoms with E-state index < -0.39 is 99.2 Å². The number of hydrogen-bond acceptors (Lipinski definition) is 15. The molecule has 0 aromatic heterocycles. The summed E-state index contributed by atoms with van der Waals surface area (Å²) in [5.41, 5.74) is 0. The summed E-state index contributed by atoms with van der Waals surface area (Å²) in [4.78, 5) is 93.0. The lowest BCUT2D eigenvalue weighted by Crippen LogP contribution is -2.65. The average molecular weight is 1130 g/mol. The molecule has 0 radical (unpaired) electrons. The second kappa shape index (κ2) is 39.6. The van der Waals surface area contributed by atoms with Gasteiger partial charge in [-0.05, 0) is 70.6 Å². The van der Waals surface area contributed by atoms with Crippen molar-refractivity contribution < 1.29 is 104 Å². The van der Waals surface area contributed by atoms with Crippen molar-refractivity contribution in [1.82, 2.24) is 0 Å². The van der Waals surface area contributed by atoms with E-state index in [-0.39, 0.29) is 12.8 Å². The number of carbonyl (C=O) groups is 2. The fourth-order valence-corrected chi connectivity index (χ4v) is 10.3. The maximum absolute atomic E-state index is 13.3. The minimum absolute atomic E-state index is 0.0174. The summed E-state index contributed by atoms with van der Waals surface area (Å²) in [6.07, 6.45) is 23.2. The molecule has 1 saturated carbocycles. The minimum Gasteiger partial charge on any atom is -0.462 e. The molecule has 0 bridgehead atoms. The molecule has 22 nitrogen and oxygen atoms in total. The topological polar surface area (TPSA) is 349 Å². The van der Waals surface area contributed by atoms with Gasteiger partial charge in [-0.15, -0.1) is 0 Å². The van der Waals surface area contributed by atoms with Gasteiger partial charge in [-0.3, -0.25) is 32.2 Å². The molecule has 426 valence electrons. The van der Waals surface area contributed by atoms with E-state index in [9.17, 15) is 72.3 Å². The molecule has 26 heteroatoms. The van der Waals surface area contributed by atoms with Crippen LogP contribution >= 0.6 is 31.3 Å². The molecule has 1 aliphatic rings. The van der Waals surface area contributed by atoms with Crippen LogP contribution in [0.15, 0.2) is 48.6 Å². The first-order valence-corrected chi connectivity index (χ1v) is 31.8. The van der Waals surface area contributed by atoms with Gasteiger partial charge in [0.1, 0.15) is 43.2 Å². The van der Waals surface area contributed by atoms with Gasteiger partial charge < -0.3 is 53.9 Å². The van der Waals surface area contributed by atoms with Gasteiger partial charge in [0.25, 0.3) is 0 Å². The second-order valence-corrected chi connectivity index (χ2v) is 22.9. The number of aliphatic hydroxyl groups excluding tert-OH is 2. The number of phosphoric acid groups is 4. The number of unbranched alkanes of at least 4 members (excludes halogenated alkanes) is 18. The summed E-state index contributed by atoms with van der Waals surface area (Å²) in [6.45, 7) is 2.70. The normalized spacial score (nSPS) is 21.4. The van der Waals surface area contributed by atoms with Gasteiger partial charge in [-0.25, -0.2) is 18.3 Å². The Morgan fingerprint density at radius 2 is 0.808 bits per heavy atom. The zero-order valence-corrected chi connectivity index (χ0v) is 46.2. The van der Waals surface area contributed by atoms with Crippen LogP contribution in [0.1, 0.15) is 181 Å². The first-order valence-electron chi connectivity index (χ1n) is 25.7. The molecule has 73 heavy (non-hydrogen) atoms. The van der Waals surface area contributed by atoms with E-state index in [1.165, 1.54) is 64.2 Å². The minimum atomic E-state index is -5.80. The summed E-state index contributed by atoms with van der Waals surface area (Å²) >= 11 is 0. The van der Waals surface area contributed by atoms with Gasteiger partial charge in [-0.2, -0.15) is 0 Å². The monoisotopic (exact) mass is 1130 g/mol. The Kier molecular flexibility index (Phi) is 37.6. The predicted molar refractivity (Wildman–Crippen MR) is 272 cm³/mol. The fraction of sp³-hybridized carbons (Fsp3) is 0.787. The van der Waals surface area contributed by atoms with Crippen LogP contribution in [0.5, 0.6) is 0 Å². The number of allylic oxidation sites excluding steroid dienone is 8. The molecule has 0 spiro atoms. The molecule has 0 aromatic carbocycles. The molecule has 0 saturated heterocycles. The highest BCUT2D eigenvalue weighted by atomic mass is 31.2. The molecule has 8 atom stereocenters. The van der Waals surface area contributed by atoms with E-state index in [2.05, 4.69) is 57.8 Å². The Balaban J connectivity index is 2.91. The van der Waals surface area contributed by atoms with Crippen LogP contribution in [0.4, 0.5) is 0 Å². The molecule has 6 unspecified atom stereocenters. The van der Waals surface area contributed by atoms with Crippen LogP contribution in [0, 0.1) is 0 Å². The standard InChI is InChI=1S/C47H86O22P4/c1-3-5-7-9-11-13-15-17-19-20-22-24-26-28-30-32-34-36-41(49)65-39(37-63-40(48)35-33-31-29-27-25-23-21-18-16-14-12-10-8-6-4-2)38-64-73(61,62)69-44-42(50)45(66-70(52,53)54)47(68-72(58,59)60)46(43(44)51)67-71(55,56)57/h14,16-17,19,22,24,28,30,39,42-47,50-51H,3-13,15,18,20-21,23,25-27,29,31-38H2,1-2H3,(H,61,62)(H2,52,53,54)(H2,55,56,57)(H2,58,59,60)/t39-,42?,43?,44?,45+,46?,47?/m1/s1. The lowest BCUT2D eigenvalue weighted by atomic mass is 9.85. The number of rotatable bonds is 44. The van der Waals surface area contributed by atoms with Crippen LogP contribution in [-0.2, 0) is 59.9 Å². The van der Waals surface area contributed by atoms with Crippen LogP contribution in [0.2, 0.25) is 0 Å². The van der Waals surface area contributed by atoms with E-state index >= 15 is 0 Å². The molecule has 1 aliphatic carbocycles. The number of hydrogen-bond donors (Lipinski definition) is 9. The van der Waals surface area contributed by atoms with Crippen molar-refractivity contribution in [1.29, 1.82) is 0 Å². The summed E-state index contributed by atoms with van der Waals surface area (Å²) in [7, 11) is -23.1. The fourth-order valence-electron chi connectivity index (χ4n) is 7.62. The van der Waals surface area contributed by atoms with Crippen LogP contribution in [0.25, 0.3) is 0 Å². The van der Waals surface area contributed by atoms with Gasteiger partial charge in [0.15, 0.2) is 6.10 Å². The molecular weight excluding hydrogens is 1040 g/mol. The van der Waals surface area contributed by atoms with Crippen molar-refractivity contribution in [2.24, 2.45) is 0 Å². The van der Waals surface area contributed by atoms with Crippen molar-refractivity contribution in [2.45, 2.75) is 224 Å². The number of carbonyl (C=O) groups excluding carboxylic acids is 2.